The van der Waals surface area contributed by atoms with Gasteiger partial charge in [0.25, 0.3) is 0 Å². The first-order valence-electron chi connectivity index (χ1n) is 10.3. The lowest BCUT2D eigenvalue weighted by molar-refractivity contribution is -0.135. The number of nitrogens with zero attached hydrogens (tertiary/aromatic N) is 1. The van der Waals surface area contributed by atoms with E-state index in [1.54, 1.807) is 6.92 Å². The van der Waals surface area contributed by atoms with Crippen LogP contribution in [0.1, 0.15) is 52.0 Å². The summed E-state index contributed by atoms with van der Waals surface area (Å²) >= 11 is 0. The maximum atomic E-state index is 13.1. The zero-order valence-electron chi connectivity index (χ0n) is 16.8. The van der Waals surface area contributed by atoms with E-state index in [9.17, 15) is 9.59 Å². The monoisotopic (exact) mass is 371 g/mol. The van der Waals surface area contributed by atoms with Crippen LogP contribution in [0.3, 0.4) is 0 Å². The lowest BCUT2D eigenvalue weighted by atomic mass is 9.85. The smallest absolute Gasteiger partial charge is 0.226 e. The quantitative estimate of drug-likeness (QED) is 0.808. The van der Waals surface area contributed by atoms with E-state index in [0.29, 0.717) is 12.1 Å². The van der Waals surface area contributed by atoms with Crippen LogP contribution < -0.4 is 10.6 Å². The molecule has 4 atom stereocenters. The summed E-state index contributed by atoms with van der Waals surface area (Å²) in [6.07, 6.45) is 4.59. The van der Waals surface area contributed by atoms with Crippen molar-refractivity contribution in [3.8, 4) is 0 Å². The maximum Gasteiger partial charge on any atom is 0.226 e. The minimum absolute atomic E-state index is 0.0114. The van der Waals surface area contributed by atoms with Gasteiger partial charge in [0.2, 0.25) is 11.8 Å². The van der Waals surface area contributed by atoms with Crippen molar-refractivity contribution in [2.75, 3.05) is 6.54 Å². The molecule has 27 heavy (non-hydrogen) atoms. The zero-order valence-corrected chi connectivity index (χ0v) is 16.8. The maximum absolute atomic E-state index is 13.1. The molecule has 5 nitrogen and oxygen atoms in total. The highest BCUT2D eigenvalue weighted by Crippen LogP contribution is 2.31. The van der Waals surface area contributed by atoms with Crippen LogP contribution in [0.5, 0.6) is 0 Å². The lowest BCUT2D eigenvalue weighted by Crippen LogP contribution is -2.58. The van der Waals surface area contributed by atoms with Gasteiger partial charge in [-0.25, -0.2) is 0 Å². The predicted octanol–water partition coefficient (Wildman–Crippen LogP) is 2.50. The van der Waals surface area contributed by atoms with E-state index in [4.69, 9.17) is 0 Å². The Bertz CT molecular complexity index is 646. The van der Waals surface area contributed by atoms with Crippen molar-refractivity contribution in [1.29, 1.82) is 0 Å². The Morgan fingerprint density at radius 3 is 2.59 bits per heavy atom. The molecule has 2 N–H and O–H groups in total. The van der Waals surface area contributed by atoms with Crippen molar-refractivity contribution in [3.05, 3.63) is 35.9 Å². The number of hydrogen-bond acceptors (Lipinski definition) is 3. The van der Waals surface area contributed by atoms with Crippen molar-refractivity contribution in [2.45, 2.75) is 77.0 Å². The highest BCUT2D eigenvalue weighted by atomic mass is 16.2. The predicted molar refractivity (Wildman–Crippen MR) is 107 cm³/mol. The molecule has 0 radical (unpaired) electrons. The molecule has 1 saturated heterocycles. The summed E-state index contributed by atoms with van der Waals surface area (Å²) in [5.41, 5.74) is 1.22. The van der Waals surface area contributed by atoms with Gasteiger partial charge in [0, 0.05) is 31.5 Å². The van der Waals surface area contributed by atoms with E-state index >= 15 is 0 Å². The molecule has 148 valence electrons. The van der Waals surface area contributed by atoms with Crippen LogP contribution in [0.15, 0.2) is 30.3 Å². The van der Waals surface area contributed by atoms with Crippen LogP contribution in [-0.2, 0) is 16.0 Å². The van der Waals surface area contributed by atoms with Gasteiger partial charge in [-0.1, -0.05) is 44.2 Å². The molecule has 1 saturated carbocycles. The molecule has 0 bridgehead atoms. The van der Waals surface area contributed by atoms with Crippen LogP contribution >= 0.6 is 0 Å². The number of likely N-dealkylation sites (tertiary alicyclic amines) is 1. The third-order valence-electron chi connectivity index (χ3n) is 5.85. The van der Waals surface area contributed by atoms with Gasteiger partial charge in [-0.05, 0) is 37.7 Å². The number of rotatable bonds is 6. The fourth-order valence-electron chi connectivity index (χ4n) is 4.75. The summed E-state index contributed by atoms with van der Waals surface area (Å²) in [5.74, 6) is 0.314. The number of hydrogen-bond donors (Lipinski definition) is 2. The summed E-state index contributed by atoms with van der Waals surface area (Å²) in [5, 5.41) is 6.72. The molecule has 0 aromatic heterocycles. The van der Waals surface area contributed by atoms with Crippen molar-refractivity contribution in [1.82, 2.24) is 15.5 Å². The van der Waals surface area contributed by atoms with Gasteiger partial charge in [0.05, 0.1) is 12.1 Å². The largest absolute Gasteiger partial charge is 0.351 e. The standard InChI is InChI=1S/C22H33N3O2/c1-15(2)23-19-9-10-21(20(14-19)24-16(3)26)25-12-11-18(22(25)27)13-17-7-5-4-6-8-17/h4-8,15,18-21,23H,9-14H2,1-3H3,(H,24,26)/t18-,19-,20-,21+/m1/s1. The number of amides is 2. The van der Waals surface area contributed by atoms with E-state index in [0.717, 1.165) is 38.6 Å². The third kappa shape index (κ3) is 5.10. The van der Waals surface area contributed by atoms with Crippen LogP contribution in [0.2, 0.25) is 0 Å². The summed E-state index contributed by atoms with van der Waals surface area (Å²) in [7, 11) is 0. The first-order valence-corrected chi connectivity index (χ1v) is 10.3. The van der Waals surface area contributed by atoms with Crippen molar-refractivity contribution < 1.29 is 9.59 Å². The van der Waals surface area contributed by atoms with Gasteiger partial charge in [0.15, 0.2) is 0 Å². The van der Waals surface area contributed by atoms with Gasteiger partial charge < -0.3 is 15.5 Å². The topological polar surface area (TPSA) is 61.4 Å². The fourth-order valence-corrected chi connectivity index (χ4v) is 4.75. The van der Waals surface area contributed by atoms with Crippen molar-refractivity contribution in [3.63, 3.8) is 0 Å². The van der Waals surface area contributed by atoms with Gasteiger partial charge in [-0.15, -0.1) is 0 Å². The number of nitrogens with one attached hydrogen (secondary N) is 2. The van der Waals surface area contributed by atoms with Gasteiger partial charge >= 0.3 is 0 Å². The van der Waals surface area contributed by atoms with E-state index < -0.39 is 0 Å². The molecule has 1 aliphatic carbocycles. The Labute approximate surface area is 162 Å². The van der Waals surface area contributed by atoms with E-state index in [1.165, 1.54) is 5.56 Å². The number of carbonyl (C=O) groups is 2. The first-order chi connectivity index (χ1) is 12.9. The SMILES string of the molecule is CC(=O)N[C@@H]1C[C@H](NC(C)C)CC[C@@H]1N1CC[C@H](Cc2ccccc2)C1=O. The molecule has 2 fully saturated rings. The van der Waals surface area contributed by atoms with Crippen molar-refractivity contribution in [2.24, 2.45) is 5.92 Å². The summed E-state index contributed by atoms with van der Waals surface area (Å²) in [4.78, 5) is 26.9. The Balaban J connectivity index is 1.66. The highest BCUT2D eigenvalue weighted by molar-refractivity contribution is 5.82. The Kier molecular flexibility index (Phi) is 6.53. The molecule has 1 aliphatic heterocycles. The van der Waals surface area contributed by atoms with Crippen LogP contribution in [0.4, 0.5) is 0 Å². The molecule has 1 aromatic carbocycles. The highest BCUT2D eigenvalue weighted by Gasteiger charge is 2.41. The van der Waals surface area contributed by atoms with Crippen LogP contribution in [0, 0.1) is 5.92 Å². The summed E-state index contributed by atoms with van der Waals surface area (Å²) in [6.45, 7) is 6.68. The molecule has 2 aliphatic rings. The summed E-state index contributed by atoms with van der Waals surface area (Å²) < 4.78 is 0. The van der Waals surface area contributed by atoms with Crippen LogP contribution in [0.25, 0.3) is 0 Å². The fraction of sp³-hybridized carbons (Fsp3) is 0.636. The van der Waals surface area contributed by atoms with Gasteiger partial charge in [0.1, 0.15) is 0 Å². The van der Waals surface area contributed by atoms with Gasteiger partial charge in [-0.3, -0.25) is 9.59 Å². The minimum atomic E-state index is -0.0114. The molecule has 3 rings (SSSR count). The molecule has 5 heteroatoms. The molecule has 1 aromatic rings. The lowest BCUT2D eigenvalue weighted by Gasteiger charge is -2.42. The normalized spacial score (nSPS) is 28.6. The second-order valence-corrected chi connectivity index (χ2v) is 8.41. The second kappa shape index (κ2) is 8.87. The minimum Gasteiger partial charge on any atom is -0.351 e. The third-order valence-corrected chi connectivity index (χ3v) is 5.85. The van der Waals surface area contributed by atoms with Crippen molar-refractivity contribution >= 4 is 11.8 Å². The molecule has 2 amide bonds. The van der Waals surface area contributed by atoms with Gasteiger partial charge in [-0.2, -0.15) is 0 Å². The molecular formula is C22H33N3O2. The first kappa shape index (κ1) is 19.9. The number of carbonyl (C=O) groups excluding carboxylic acids is 2. The van der Waals surface area contributed by atoms with Crippen LogP contribution in [-0.4, -0.2) is 47.4 Å². The molecule has 1 heterocycles. The van der Waals surface area contributed by atoms with E-state index in [2.05, 4.69) is 41.5 Å². The average Bonchev–Trinajstić information content (AvgIpc) is 2.96. The molecular weight excluding hydrogens is 338 g/mol. The summed E-state index contributed by atoms with van der Waals surface area (Å²) in [6, 6.07) is 11.2. The number of benzene rings is 1. The Morgan fingerprint density at radius 1 is 1.19 bits per heavy atom. The average molecular weight is 372 g/mol. The van der Waals surface area contributed by atoms with E-state index in [1.807, 2.05) is 18.2 Å². The Morgan fingerprint density at radius 2 is 1.93 bits per heavy atom. The zero-order chi connectivity index (χ0) is 19.4. The molecule has 0 unspecified atom stereocenters. The Hall–Kier alpha value is -1.88. The second-order valence-electron chi connectivity index (χ2n) is 8.41. The molecule has 0 spiro atoms. The van der Waals surface area contributed by atoms with E-state index in [-0.39, 0.29) is 29.8 Å².